The number of aromatic nitrogens is 1. The highest BCUT2D eigenvalue weighted by Gasteiger charge is 2.20. The van der Waals surface area contributed by atoms with Crippen LogP contribution in [-0.2, 0) is 0 Å². The number of nitrogens with two attached hydrogens (primary N) is 1. The monoisotopic (exact) mass is 341 g/mol. The smallest absolute Gasteiger partial charge is 0.255 e. The molecule has 1 aromatic heterocycles. The van der Waals surface area contributed by atoms with Gasteiger partial charge in [0.05, 0.1) is 11.6 Å². The topological polar surface area (TPSA) is 77.2 Å². The Hall–Kier alpha value is -2.40. The normalized spacial score (nSPS) is 12.0. The van der Waals surface area contributed by atoms with E-state index in [9.17, 15) is 4.79 Å². The van der Waals surface area contributed by atoms with Crippen LogP contribution in [0.15, 0.2) is 42.7 Å². The van der Waals surface area contributed by atoms with Crippen molar-refractivity contribution in [3.8, 4) is 5.75 Å². The van der Waals surface area contributed by atoms with Gasteiger partial charge in [0.1, 0.15) is 12.4 Å². The van der Waals surface area contributed by atoms with Gasteiger partial charge >= 0.3 is 0 Å². The van der Waals surface area contributed by atoms with Crippen LogP contribution in [0.2, 0.25) is 0 Å². The van der Waals surface area contributed by atoms with Crippen molar-refractivity contribution in [3.63, 3.8) is 0 Å². The van der Waals surface area contributed by atoms with Crippen LogP contribution in [0, 0.1) is 12.8 Å². The molecule has 3 N–H and O–H groups in total. The van der Waals surface area contributed by atoms with Crippen molar-refractivity contribution < 1.29 is 9.53 Å². The van der Waals surface area contributed by atoms with E-state index in [0.29, 0.717) is 30.4 Å². The SMILES string of the molecule is Cc1ccc(OCCN)c(C(=O)N[C@H](CC(C)C)c2cccnc2)c1. The first-order valence-corrected chi connectivity index (χ1v) is 8.65. The van der Waals surface area contributed by atoms with Gasteiger partial charge in [-0.25, -0.2) is 0 Å². The third-order valence-corrected chi connectivity index (χ3v) is 3.85. The first-order valence-electron chi connectivity index (χ1n) is 8.65. The van der Waals surface area contributed by atoms with Crippen LogP contribution in [0.25, 0.3) is 0 Å². The number of aryl methyl sites for hydroxylation is 1. The van der Waals surface area contributed by atoms with E-state index in [1.54, 1.807) is 12.4 Å². The molecule has 134 valence electrons. The van der Waals surface area contributed by atoms with Crippen LogP contribution < -0.4 is 15.8 Å². The first kappa shape index (κ1) is 18.9. The number of pyridine rings is 1. The molecule has 0 spiro atoms. The molecule has 1 atom stereocenters. The molecular formula is C20H27N3O2. The minimum absolute atomic E-state index is 0.0935. The Morgan fingerprint density at radius 3 is 2.76 bits per heavy atom. The molecule has 0 radical (unpaired) electrons. The van der Waals surface area contributed by atoms with E-state index in [0.717, 1.165) is 17.5 Å². The summed E-state index contributed by atoms with van der Waals surface area (Å²) in [5.74, 6) is 0.851. The van der Waals surface area contributed by atoms with E-state index in [1.165, 1.54) is 0 Å². The number of carbonyl (C=O) groups excluding carboxylic acids is 1. The Labute approximate surface area is 149 Å². The zero-order valence-corrected chi connectivity index (χ0v) is 15.2. The number of rotatable bonds is 8. The lowest BCUT2D eigenvalue weighted by atomic mass is 9.97. The number of hydrogen-bond acceptors (Lipinski definition) is 4. The number of ether oxygens (including phenoxy) is 1. The molecule has 0 saturated carbocycles. The molecule has 5 heteroatoms. The first-order chi connectivity index (χ1) is 12.0. The molecule has 0 aliphatic heterocycles. The van der Waals surface area contributed by atoms with Gasteiger partial charge in [0.2, 0.25) is 0 Å². The van der Waals surface area contributed by atoms with Crippen molar-refractivity contribution in [1.82, 2.24) is 10.3 Å². The van der Waals surface area contributed by atoms with E-state index in [2.05, 4.69) is 24.1 Å². The van der Waals surface area contributed by atoms with Gasteiger partial charge in [-0.15, -0.1) is 0 Å². The van der Waals surface area contributed by atoms with Crippen molar-refractivity contribution in [1.29, 1.82) is 0 Å². The van der Waals surface area contributed by atoms with Crippen LogP contribution >= 0.6 is 0 Å². The fourth-order valence-electron chi connectivity index (χ4n) is 2.68. The Balaban J connectivity index is 2.24. The highest BCUT2D eigenvalue weighted by atomic mass is 16.5. The largest absolute Gasteiger partial charge is 0.491 e. The lowest BCUT2D eigenvalue weighted by molar-refractivity contribution is 0.0928. The summed E-state index contributed by atoms with van der Waals surface area (Å²) in [4.78, 5) is 17.1. The molecule has 1 amide bonds. The van der Waals surface area contributed by atoms with Gasteiger partial charge < -0.3 is 15.8 Å². The van der Waals surface area contributed by atoms with Crippen molar-refractivity contribution in [3.05, 3.63) is 59.4 Å². The Kier molecular flexibility index (Phi) is 6.95. The highest BCUT2D eigenvalue weighted by Crippen LogP contribution is 2.24. The molecule has 1 heterocycles. The van der Waals surface area contributed by atoms with Gasteiger partial charge in [-0.05, 0) is 43.0 Å². The quantitative estimate of drug-likeness (QED) is 0.773. The van der Waals surface area contributed by atoms with E-state index in [-0.39, 0.29) is 11.9 Å². The summed E-state index contributed by atoms with van der Waals surface area (Å²) in [6, 6.07) is 9.37. The van der Waals surface area contributed by atoms with Crippen LogP contribution in [-0.4, -0.2) is 24.0 Å². The number of amides is 1. The minimum Gasteiger partial charge on any atom is -0.491 e. The zero-order chi connectivity index (χ0) is 18.2. The Morgan fingerprint density at radius 2 is 2.12 bits per heavy atom. The fraction of sp³-hybridized carbons (Fsp3) is 0.400. The molecule has 2 aromatic rings. The van der Waals surface area contributed by atoms with Gasteiger partial charge in [0.15, 0.2) is 0 Å². The summed E-state index contributed by atoms with van der Waals surface area (Å²) in [5, 5.41) is 3.13. The van der Waals surface area contributed by atoms with Crippen LogP contribution in [0.3, 0.4) is 0 Å². The number of carbonyl (C=O) groups is 1. The maximum absolute atomic E-state index is 12.9. The molecule has 0 unspecified atom stereocenters. The van der Waals surface area contributed by atoms with Gasteiger partial charge in [-0.3, -0.25) is 9.78 Å². The number of nitrogens with zero attached hydrogens (tertiary/aromatic N) is 1. The summed E-state index contributed by atoms with van der Waals surface area (Å²) in [6.45, 7) is 7.01. The molecule has 2 rings (SSSR count). The molecular weight excluding hydrogens is 314 g/mol. The second-order valence-corrected chi connectivity index (χ2v) is 6.58. The van der Waals surface area contributed by atoms with Gasteiger partial charge in [0.25, 0.3) is 5.91 Å². The molecule has 1 aromatic carbocycles. The van der Waals surface area contributed by atoms with Gasteiger partial charge in [-0.2, -0.15) is 0 Å². The number of hydrogen-bond donors (Lipinski definition) is 2. The second kappa shape index (κ2) is 9.18. The molecule has 0 saturated heterocycles. The summed E-state index contributed by atoms with van der Waals surface area (Å²) in [7, 11) is 0. The molecule has 5 nitrogen and oxygen atoms in total. The third kappa shape index (κ3) is 5.57. The van der Waals surface area contributed by atoms with Crippen LogP contribution in [0.5, 0.6) is 5.75 Å². The van der Waals surface area contributed by atoms with E-state index in [1.807, 2.05) is 37.3 Å². The van der Waals surface area contributed by atoms with Gasteiger partial charge in [0, 0.05) is 18.9 Å². The molecule has 0 bridgehead atoms. The Morgan fingerprint density at radius 1 is 1.32 bits per heavy atom. The summed E-state index contributed by atoms with van der Waals surface area (Å²) >= 11 is 0. The van der Waals surface area contributed by atoms with Gasteiger partial charge in [-0.1, -0.05) is 31.5 Å². The molecule has 0 aliphatic carbocycles. The standard InChI is InChI=1S/C20H27N3O2/c1-14(2)11-18(16-5-4-9-22-13-16)23-20(24)17-12-15(3)6-7-19(17)25-10-8-21/h4-7,9,12-14,18H,8,10-11,21H2,1-3H3,(H,23,24)/t18-/m1/s1. The summed E-state index contributed by atoms with van der Waals surface area (Å²) in [6.07, 6.45) is 4.37. The molecule has 0 fully saturated rings. The lowest BCUT2D eigenvalue weighted by Crippen LogP contribution is -2.30. The van der Waals surface area contributed by atoms with Crippen molar-refractivity contribution in [2.45, 2.75) is 33.2 Å². The fourth-order valence-corrected chi connectivity index (χ4v) is 2.68. The minimum atomic E-state index is -0.148. The summed E-state index contributed by atoms with van der Waals surface area (Å²) in [5.41, 5.74) is 8.05. The molecule has 0 aliphatic rings. The van der Waals surface area contributed by atoms with Crippen molar-refractivity contribution >= 4 is 5.91 Å². The number of nitrogens with one attached hydrogen (secondary N) is 1. The average molecular weight is 341 g/mol. The molecule has 25 heavy (non-hydrogen) atoms. The highest BCUT2D eigenvalue weighted by molar-refractivity contribution is 5.97. The van der Waals surface area contributed by atoms with Crippen molar-refractivity contribution in [2.24, 2.45) is 11.7 Å². The Bertz CT molecular complexity index is 687. The predicted molar refractivity (Wildman–Crippen MR) is 99.6 cm³/mol. The van der Waals surface area contributed by atoms with Crippen LogP contribution in [0.4, 0.5) is 0 Å². The second-order valence-electron chi connectivity index (χ2n) is 6.58. The third-order valence-electron chi connectivity index (χ3n) is 3.85. The maximum Gasteiger partial charge on any atom is 0.255 e. The van der Waals surface area contributed by atoms with Crippen LogP contribution in [0.1, 0.15) is 47.8 Å². The van der Waals surface area contributed by atoms with E-state index < -0.39 is 0 Å². The lowest BCUT2D eigenvalue weighted by Gasteiger charge is -2.22. The van der Waals surface area contributed by atoms with Crippen molar-refractivity contribution in [2.75, 3.05) is 13.2 Å². The summed E-state index contributed by atoms with van der Waals surface area (Å²) < 4.78 is 5.63. The predicted octanol–water partition coefficient (Wildman–Crippen LogP) is 3.24. The average Bonchev–Trinajstić information content (AvgIpc) is 2.60. The van der Waals surface area contributed by atoms with E-state index >= 15 is 0 Å². The number of benzene rings is 1. The maximum atomic E-state index is 12.9. The van der Waals surface area contributed by atoms with E-state index in [4.69, 9.17) is 10.5 Å². The zero-order valence-electron chi connectivity index (χ0n) is 15.2.